The molecule has 1 saturated carbocycles. The number of carboxylic acid groups (broad SMARTS) is 1. The van der Waals surface area contributed by atoms with Gasteiger partial charge in [-0.3, -0.25) is 4.79 Å². The maximum atomic E-state index is 11.9. The van der Waals surface area contributed by atoms with Crippen molar-refractivity contribution < 1.29 is 14.7 Å². The molecule has 120 valence electrons. The number of halogens is 1. The zero-order chi connectivity index (χ0) is 15.9. The molecule has 1 atom stereocenters. The molecule has 1 aliphatic rings. The van der Waals surface area contributed by atoms with Crippen LogP contribution in [0.1, 0.15) is 58.8 Å². The molecule has 0 aromatic rings. The minimum absolute atomic E-state index is 0.0170. The maximum Gasteiger partial charge on any atom is 0.352 e. The highest BCUT2D eigenvalue weighted by Gasteiger charge is 2.50. The van der Waals surface area contributed by atoms with Crippen LogP contribution in [0.4, 0.5) is 0 Å². The van der Waals surface area contributed by atoms with Crippen LogP contribution in [-0.2, 0) is 9.59 Å². The van der Waals surface area contributed by atoms with E-state index >= 15 is 0 Å². The van der Waals surface area contributed by atoms with Crippen LogP contribution in [0.15, 0.2) is 11.8 Å². The van der Waals surface area contributed by atoms with Crippen LogP contribution in [-0.4, -0.2) is 22.3 Å². The fourth-order valence-corrected chi connectivity index (χ4v) is 2.74. The third-order valence-corrected chi connectivity index (χ3v) is 4.57. The summed E-state index contributed by atoms with van der Waals surface area (Å²) in [6.45, 7) is 4.04. The Bertz CT molecular complexity index is 404. The lowest BCUT2D eigenvalue weighted by atomic mass is 10.1. The minimum Gasteiger partial charge on any atom is -0.477 e. The van der Waals surface area contributed by atoms with Gasteiger partial charge in [-0.2, -0.15) is 0 Å². The van der Waals surface area contributed by atoms with Crippen LogP contribution >= 0.6 is 15.9 Å². The van der Waals surface area contributed by atoms with Gasteiger partial charge < -0.3 is 10.4 Å². The van der Waals surface area contributed by atoms with E-state index in [0.29, 0.717) is 6.42 Å². The number of amides is 1. The lowest BCUT2D eigenvalue weighted by Gasteiger charge is -2.07. The van der Waals surface area contributed by atoms with Crippen molar-refractivity contribution in [2.24, 2.45) is 11.3 Å². The fourth-order valence-electron chi connectivity index (χ4n) is 2.34. The third kappa shape index (κ3) is 6.64. The molecule has 1 amide bonds. The second kappa shape index (κ2) is 8.57. The third-order valence-electron chi connectivity index (χ3n) is 4.00. The number of carbonyl (C=O) groups excluding carboxylic acids is 1. The Kier molecular flexibility index (Phi) is 7.43. The van der Waals surface area contributed by atoms with Crippen molar-refractivity contribution in [3.05, 3.63) is 11.8 Å². The van der Waals surface area contributed by atoms with Gasteiger partial charge in [0.15, 0.2) is 0 Å². The molecule has 0 aromatic carbocycles. The molecule has 0 heterocycles. The van der Waals surface area contributed by atoms with E-state index in [2.05, 4.69) is 21.2 Å². The zero-order valence-corrected chi connectivity index (χ0v) is 14.5. The first-order valence-electron chi connectivity index (χ1n) is 7.69. The maximum absolute atomic E-state index is 11.9. The van der Waals surface area contributed by atoms with Gasteiger partial charge in [-0.15, -0.1) is 0 Å². The van der Waals surface area contributed by atoms with E-state index in [-0.39, 0.29) is 22.9 Å². The number of rotatable bonds is 10. The molecule has 21 heavy (non-hydrogen) atoms. The Labute approximate surface area is 135 Å². The van der Waals surface area contributed by atoms with Crippen LogP contribution in [0.3, 0.4) is 0 Å². The number of carbonyl (C=O) groups is 2. The lowest BCUT2D eigenvalue weighted by Crippen LogP contribution is -2.29. The standard InChI is InChI=1S/C16H26BrNO3/c1-16(2)11-12(16)14(19)18-13(15(20)21)9-7-5-3-4-6-8-10-17/h9,12H,3-8,10-11H2,1-2H3,(H,18,19)(H,20,21)/b13-9+. The van der Waals surface area contributed by atoms with E-state index < -0.39 is 5.97 Å². The van der Waals surface area contributed by atoms with Crippen molar-refractivity contribution in [3.8, 4) is 0 Å². The molecule has 0 bridgehead atoms. The molecule has 0 radical (unpaired) electrons. The topological polar surface area (TPSA) is 66.4 Å². The van der Waals surface area contributed by atoms with Gasteiger partial charge in [-0.05, 0) is 31.1 Å². The number of hydrogen-bond donors (Lipinski definition) is 2. The zero-order valence-electron chi connectivity index (χ0n) is 13.0. The second-order valence-electron chi connectivity index (χ2n) is 6.40. The normalized spacial score (nSPS) is 20.1. The molecule has 4 nitrogen and oxygen atoms in total. The minimum atomic E-state index is -1.05. The number of alkyl halides is 1. The first kappa shape index (κ1) is 18.2. The van der Waals surface area contributed by atoms with Crippen molar-refractivity contribution in [1.82, 2.24) is 5.32 Å². The highest BCUT2D eigenvalue weighted by molar-refractivity contribution is 9.09. The van der Waals surface area contributed by atoms with Crippen LogP contribution in [0, 0.1) is 11.3 Å². The summed E-state index contributed by atoms with van der Waals surface area (Å²) in [5, 5.41) is 12.7. The summed E-state index contributed by atoms with van der Waals surface area (Å²) in [5.41, 5.74) is 0.0477. The molecular weight excluding hydrogens is 334 g/mol. The fraction of sp³-hybridized carbons (Fsp3) is 0.750. The summed E-state index contributed by atoms with van der Waals surface area (Å²) in [6, 6.07) is 0. The van der Waals surface area contributed by atoms with E-state index in [9.17, 15) is 9.59 Å². The summed E-state index contributed by atoms with van der Waals surface area (Å²) in [4.78, 5) is 23.1. The Morgan fingerprint density at radius 3 is 2.33 bits per heavy atom. The Morgan fingerprint density at radius 2 is 1.81 bits per heavy atom. The van der Waals surface area contributed by atoms with Crippen molar-refractivity contribution in [2.45, 2.75) is 58.8 Å². The van der Waals surface area contributed by atoms with Crippen molar-refractivity contribution >= 4 is 27.8 Å². The van der Waals surface area contributed by atoms with Crippen molar-refractivity contribution in [3.63, 3.8) is 0 Å². The SMILES string of the molecule is CC1(C)CC1C(=O)N/C(=C/CCCCCCCBr)C(=O)O. The van der Waals surface area contributed by atoms with Crippen LogP contribution < -0.4 is 5.32 Å². The first-order valence-corrected chi connectivity index (χ1v) is 8.81. The Morgan fingerprint density at radius 1 is 1.24 bits per heavy atom. The van der Waals surface area contributed by atoms with Gasteiger partial charge >= 0.3 is 5.97 Å². The van der Waals surface area contributed by atoms with Gasteiger partial charge in [0, 0.05) is 11.2 Å². The molecular formula is C16H26BrNO3. The number of carboxylic acids is 1. The molecule has 5 heteroatoms. The first-order chi connectivity index (χ1) is 9.88. The largest absolute Gasteiger partial charge is 0.477 e. The highest BCUT2D eigenvalue weighted by atomic mass is 79.9. The van der Waals surface area contributed by atoms with E-state index in [4.69, 9.17) is 5.11 Å². The molecule has 1 fully saturated rings. The van der Waals surface area contributed by atoms with Crippen LogP contribution in [0.5, 0.6) is 0 Å². The van der Waals surface area contributed by atoms with Gasteiger partial charge in [0.1, 0.15) is 5.70 Å². The molecule has 1 aliphatic carbocycles. The molecule has 0 aliphatic heterocycles. The van der Waals surface area contributed by atoms with E-state index in [1.54, 1.807) is 6.08 Å². The molecule has 0 aromatic heterocycles. The summed E-state index contributed by atoms with van der Waals surface area (Å²) >= 11 is 3.40. The van der Waals surface area contributed by atoms with Gasteiger partial charge in [-0.25, -0.2) is 4.79 Å². The number of aliphatic carboxylic acids is 1. The van der Waals surface area contributed by atoms with Gasteiger partial charge in [0.2, 0.25) is 5.91 Å². The summed E-state index contributed by atoms with van der Waals surface area (Å²) in [5.74, 6) is -1.27. The van der Waals surface area contributed by atoms with Crippen LogP contribution in [0.25, 0.3) is 0 Å². The van der Waals surface area contributed by atoms with Crippen molar-refractivity contribution in [1.29, 1.82) is 0 Å². The predicted octanol–water partition coefficient (Wildman–Crippen LogP) is 3.85. The van der Waals surface area contributed by atoms with Gasteiger partial charge in [0.25, 0.3) is 0 Å². The monoisotopic (exact) mass is 359 g/mol. The lowest BCUT2D eigenvalue weighted by molar-refractivity contribution is -0.135. The summed E-state index contributed by atoms with van der Waals surface area (Å²) in [6.07, 6.45) is 8.79. The van der Waals surface area contributed by atoms with Gasteiger partial charge in [0.05, 0.1) is 0 Å². The predicted molar refractivity (Wildman–Crippen MR) is 87.2 cm³/mol. The Hall–Kier alpha value is -0.840. The van der Waals surface area contributed by atoms with E-state index in [1.807, 2.05) is 13.8 Å². The van der Waals surface area contributed by atoms with E-state index in [0.717, 1.165) is 24.6 Å². The average Bonchev–Trinajstić information content (AvgIpc) is 3.05. The second-order valence-corrected chi connectivity index (χ2v) is 7.20. The molecule has 2 N–H and O–H groups in total. The molecule has 0 saturated heterocycles. The van der Waals surface area contributed by atoms with Gasteiger partial charge in [-0.1, -0.05) is 55.1 Å². The summed E-state index contributed by atoms with van der Waals surface area (Å²) in [7, 11) is 0. The highest BCUT2D eigenvalue weighted by Crippen LogP contribution is 2.51. The Balaban J connectivity index is 2.31. The number of nitrogens with one attached hydrogen (secondary N) is 1. The number of hydrogen-bond acceptors (Lipinski definition) is 2. The number of allylic oxidation sites excluding steroid dienone is 1. The molecule has 1 unspecified atom stereocenters. The van der Waals surface area contributed by atoms with Crippen molar-refractivity contribution in [2.75, 3.05) is 5.33 Å². The average molecular weight is 360 g/mol. The quantitative estimate of drug-likeness (QED) is 0.353. The number of unbranched alkanes of at least 4 members (excludes halogenated alkanes) is 5. The van der Waals surface area contributed by atoms with Crippen LogP contribution in [0.2, 0.25) is 0 Å². The smallest absolute Gasteiger partial charge is 0.352 e. The summed E-state index contributed by atoms with van der Waals surface area (Å²) < 4.78 is 0. The molecule has 1 rings (SSSR count). The molecule has 0 spiro atoms. The van der Waals surface area contributed by atoms with E-state index in [1.165, 1.54) is 19.3 Å².